The van der Waals surface area contributed by atoms with Crippen molar-refractivity contribution in [3.05, 3.63) is 0 Å². The van der Waals surface area contributed by atoms with Gasteiger partial charge in [-0.25, -0.2) is 0 Å². The van der Waals surface area contributed by atoms with Gasteiger partial charge in [0.15, 0.2) is 0 Å². The van der Waals surface area contributed by atoms with E-state index in [0.29, 0.717) is 5.92 Å². The van der Waals surface area contributed by atoms with Crippen LogP contribution in [0.1, 0.15) is 32.1 Å². The van der Waals surface area contributed by atoms with E-state index in [9.17, 15) is 4.79 Å². The molecule has 0 aromatic heterocycles. The average Bonchev–Trinajstić information content (AvgIpc) is 2.21. The van der Waals surface area contributed by atoms with E-state index >= 15 is 0 Å². The molecule has 0 aliphatic heterocycles. The summed E-state index contributed by atoms with van der Waals surface area (Å²) in [4.78, 5) is 10.9. The Kier molecular flexibility index (Phi) is 2.88. The summed E-state index contributed by atoms with van der Waals surface area (Å²) in [5, 5.41) is 8.95. The second-order valence-electron chi connectivity index (χ2n) is 4.32. The number of halogens is 1. The van der Waals surface area contributed by atoms with Crippen molar-refractivity contribution in [2.75, 3.05) is 0 Å². The molecule has 76 valence electrons. The second-order valence-corrected chi connectivity index (χ2v) is 4.32. The minimum Gasteiger partial charge on any atom is -0.481 e. The number of nitrogens with two attached hydrogens (primary N) is 1. The normalized spacial score (nSPS) is 42.5. The molecule has 0 aromatic carbocycles. The number of aliphatic carboxylic acids is 1. The van der Waals surface area contributed by atoms with Crippen molar-refractivity contribution in [1.82, 2.24) is 0 Å². The van der Waals surface area contributed by atoms with Gasteiger partial charge in [0.25, 0.3) is 0 Å². The Morgan fingerprint density at radius 3 is 2.77 bits per heavy atom. The van der Waals surface area contributed by atoms with E-state index < -0.39 is 5.97 Å². The molecule has 2 fully saturated rings. The van der Waals surface area contributed by atoms with Gasteiger partial charge in [-0.2, -0.15) is 0 Å². The van der Waals surface area contributed by atoms with Crippen LogP contribution >= 0.6 is 12.4 Å². The van der Waals surface area contributed by atoms with Gasteiger partial charge >= 0.3 is 5.97 Å². The molecule has 3 nitrogen and oxygen atoms in total. The highest BCUT2D eigenvalue weighted by Gasteiger charge is 2.49. The lowest BCUT2D eigenvalue weighted by Crippen LogP contribution is -2.47. The molecule has 0 aromatic rings. The van der Waals surface area contributed by atoms with Crippen LogP contribution in [0.5, 0.6) is 0 Å². The number of carboxylic acids is 1. The maximum Gasteiger partial charge on any atom is 0.308 e. The van der Waals surface area contributed by atoms with Gasteiger partial charge in [-0.1, -0.05) is 12.8 Å². The third-order valence-electron chi connectivity index (χ3n) is 3.48. The molecule has 2 rings (SSSR count). The number of rotatable bonds is 1. The third kappa shape index (κ3) is 1.67. The molecule has 0 amide bonds. The lowest BCUT2D eigenvalue weighted by Gasteiger charge is -2.31. The molecule has 3 N–H and O–H groups in total. The molecule has 0 unspecified atom stereocenters. The Hall–Kier alpha value is -0.280. The minimum atomic E-state index is -0.693. The van der Waals surface area contributed by atoms with Crippen LogP contribution in [0.2, 0.25) is 0 Å². The summed E-state index contributed by atoms with van der Waals surface area (Å²) in [6.45, 7) is 0. The topological polar surface area (TPSA) is 63.3 Å². The zero-order chi connectivity index (χ0) is 8.77. The summed E-state index contributed by atoms with van der Waals surface area (Å²) < 4.78 is 0. The first-order valence-electron chi connectivity index (χ1n) is 4.63. The summed E-state index contributed by atoms with van der Waals surface area (Å²) in [5.74, 6) is -0.378. The van der Waals surface area contributed by atoms with Crippen LogP contribution in [0.4, 0.5) is 0 Å². The van der Waals surface area contributed by atoms with Crippen LogP contribution in [0.25, 0.3) is 0 Å². The van der Waals surface area contributed by atoms with Crippen LogP contribution in [-0.4, -0.2) is 16.6 Å². The largest absolute Gasteiger partial charge is 0.481 e. The highest BCUT2D eigenvalue weighted by atomic mass is 35.5. The zero-order valence-corrected chi connectivity index (χ0v) is 8.35. The Morgan fingerprint density at radius 2 is 2.23 bits per heavy atom. The lowest BCUT2D eigenvalue weighted by atomic mass is 9.80. The van der Waals surface area contributed by atoms with Crippen LogP contribution < -0.4 is 5.73 Å². The smallest absolute Gasteiger partial charge is 0.308 e. The van der Waals surface area contributed by atoms with Gasteiger partial charge in [0.2, 0.25) is 0 Å². The van der Waals surface area contributed by atoms with Gasteiger partial charge < -0.3 is 10.8 Å². The Labute approximate surface area is 84.1 Å². The van der Waals surface area contributed by atoms with Crippen molar-refractivity contribution < 1.29 is 9.90 Å². The van der Waals surface area contributed by atoms with Crippen molar-refractivity contribution in [3.8, 4) is 0 Å². The van der Waals surface area contributed by atoms with E-state index in [1.54, 1.807) is 0 Å². The zero-order valence-electron chi connectivity index (χ0n) is 7.53. The van der Waals surface area contributed by atoms with Gasteiger partial charge in [0.05, 0.1) is 5.92 Å². The third-order valence-corrected chi connectivity index (χ3v) is 3.48. The van der Waals surface area contributed by atoms with E-state index in [4.69, 9.17) is 10.8 Å². The summed E-state index contributed by atoms with van der Waals surface area (Å²) in [5.41, 5.74) is 5.70. The maximum absolute atomic E-state index is 10.9. The standard InChI is InChI=1S/C9H15NO2.ClH/c10-9-3-1-2-6(5-9)4-7(9)8(11)12;/h6-7H,1-5,10H2,(H,11,12);1H/t6-,7+,9+;/m0./s1. The van der Waals surface area contributed by atoms with Gasteiger partial charge in [0, 0.05) is 5.54 Å². The predicted molar refractivity (Wildman–Crippen MR) is 51.9 cm³/mol. The van der Waals surface area contributed by atoms with Crippen LogP contribution in [-0.2, 0) is 4.79 Å². The molecule has 0 radical (unpaired) electrons. The molecule has 2 aliphatic rings. The SMILES string of the molecule is Cl.N[C@@]12CCC[C@@H](C[C@@H]1C(=O)O)C2. The van der Waals surface area contributed by atoms with Crippen molar-refractivity contribution >= 4 is 18.4 Å². The molecular weight excluding hydrogens is 190 g/mol. The van der Waals surface area contributed by atoms with E-state index in [2.05, 4.69) is 0 Å². The molecule has 13 heavy (non-hydrogen) atoms. The monoisotopic (exact) mass is 205 g/mol. The molecule has 0 saturated heterocycles. The highest BCUT2D eigenvalue weighted by molar-refractivity contribution is 5.85. The van der Waals surface area contributed by atoms with Crippen LogP contribution in [0.3, 0.4) is 0 Å². The Bertz CT molecular complexity index is 222. The maximum atomic E-state index is 10.9. The van der Waals surface area contributed by atoms with Crippen molar-refractivity contribution in [2.24, 2.45) is 17.6 Å². The van der Waals surface area contributed by atoms with Gasteiger partial charge in [-0.3, -0.25) is 4.79 Å². The van der Waals surface area contributed by atoms with E-state index in [-0.39, 0.29) is 23.9 Å². The minimum absolute atomic E-state index is 0. The van der Waals surface area contributed by atoms with E-state index in [1.807, 2.05) is 0 Å². The molecule has 0 heterocycles. The fraction of sp³-hybridized carbons (Fsp3) is 0.889. The fourth-order valence-electron chi connectivity index (χ4n) is 2.89. The molecule has 0 spiro atoms. The first kappa shape index (κ1) is 10.8. The summed E-state index contributed by atoms with van der Waals surface area (Å²) >= 11 is 0. The van der Waals surface area contributed by atoms with E-state index in [0.717, 1.165) is 25.7 Å². The van der Waals surface area contributed by atoms with Crippen LogP contribution in [0.15, 0.2) is 0 Å². The predicted octanol–water partition coefficient (Wildman–Crippen LogP) is 1.40. The van der Waals surface area contributed by atoms with E-state index in [1.165, 1.54) is 6.42 Å². The second kappa shape index (κ2) is 3.46. The number of carboxylic acid groups (broad SMARTS) is 1. The average molecular weight is 206 g/mol. The Morgan fingerprint density at radius 1 is 1.54 bits per heavy atom. The molecule has 2 saturated carbocycles. The van der Waals surface area contributed by atoms with Gasteiger partial charge in [-0.05, 0) is 25.2 Å². The molecule has 2 aliphatic carbocycles. The van der Waals surface area contributed by atoms with Gasteiger partial charge in [-0.15, -0.1) is 12.4 Å². The quantitative estimate of drug-likeness (QED) is 0.680. The number of hydrogen-bond donors (Lipinski definition) is 2. The summed E-state index contributed by atoms with van der Waals surface area (Å²) in [7, 11) is 0. The van der Waals surface area contributed by atoms with Crippen LogP contribution in [0, 0.1) is 11.8 Å². The number of hydrogen-bond acceptors (Lipinski definition) is 2. The fourth-order valence-corrected chi connectivity index (χ4v) is 2.89. The lowest BCUT2D eigenvalue weighted by molar-refractivity contribution is -0.143. The first-order chi connectivity index (χ1) is 5.62. The van der Waals surface area contributed by atoms with Crippen molar-refractivity contribution in [2.45, 2.75) is 37.6 Å². The number of fused-ring (bicyclic) bond motifs is 2. The summed E-state index contributed by atoms with van der Waals surface area (Å²) in [6, 6.07) is 0. The first-order valence-corrected chi connectivity index (χ1v) is 4.63. The van der Waals surface area contributed by atoms with Crippen molar-refractivity contribution in [3.63, 3.8) is 0 Å². The molecule has 3 atom stereocenters. The highest BCUT2D eigenvalue weighted by Crippen LogP contribution is 2.47. The Balaban J connectivity index is 0.000000845. The van der Waals surface area contributed by atoms with Gasteiger partial charge in [0.1, 0.15) is 0 Å². The summed E-state index contributed by atoms with van der Waals surface area (Å²) in [6.07, 6.45) is 4.95. The molecule has 4 heteroatoms. The molecule has 2 bridgehead atoms. The molecular formula is C9H16ClNO2. The number of carbonyl (C=O) groups is 1. The van der Waals surface area contributed by atoms with Crippen molar-refractivity contribution in [1.29, 1.82) is 0 Å².